The quantitative estimate of drug-likeness (QED) is 0.333. The Morgan fingerprint density at radius 3 is 2.06 bits per heavy atom. The summed E-state index contributed by atoms with van der Waals surface area (Å²) in [5, 5.41) is 0. The molecule has 33 heavy (non-hydrogen) atoms. The van der Waals surface area contributed by atoms with Crippen LogP contribution in [-0.2, 0) is 5.41 Å². The van der Waals surface area contributed by atoms with Crippen molar-refractivity contribution in [3.63, 3.8) is 0 Å². The van der Waals surface area contributed by atoms with Crippen LogP contribution in [-0.4, -0.2) is 16.1 Å². The average Bonchev–Trinajstić information content (AvgIpc) is 3.23. The minimum Gasteiger partial charge on any atom is -0.301 e. The average molecular weight is 431 g/mol. The van der Waals surface area contributed by atoms with E-state index in [1.807, 2.05) is 0 Å². The zero-order valence-corrected chi connectivity index (χ0v) is 18.9. The lowest BCUT2D eigenvalue weighted by Gasteiger charge is -2.49. The molecule has 4 aromatic rings. The number of allylic oxidation sites excluding steroid dienone is 1. The second kappa shape index (κ2) is 7.31. The van der Waals surface area contributed by atoms with Gasteiger partial charge < -0.3 is 9.80 Å². The molecule has 0 N–H and O–H groups in total. The zero-order chi connectivity index (χ0) is 22.6. The number of anilines is 4. The molecule has 0 amide bonds. The first kappa shape index (κ1) is 19.7. The van der Waals surface area contributed by atoms with Crippen LogP contribution in [0.4, 0.5) is 23.0 Å². The van der Waals surface area contributed by atoms with Gasteiger partial charge in [-0.3, -0.25) is 0 Å². The fraction of sp³-hybridized carbons (Fsp3) is 0.172. The standard InChI is InChI=1S/C29H26N4/c1-4-29(3)20(2)28-32(24-16-10-8-14-22(24)21-12-6-5-7-13-21)26-27(31-19-18-30-26)33(28)25-17-11-9-15-23(25)29/h4-20,28H,1H2,2-3H3. The van der Waals surface area contributed by atoms with Gasteiger partial charge in [0.2, 0.25) is 0 Å². The number of para-hydroxylation sites is 2. The van der Waals surface area contributed by atoms with Crippen LogP contribution in [0.2, 0.25) is 0 Å². The minimum atomic E-state index is -0.195. The van der Waals surface area contributed by atoms with E-state index in [9.17, 15) is 0 Å². The Labute approximate surface area is 194 Å². The Balaban J connectivity index is 1.63. The second-order valence-electron chi connectivity index (χ2n) is 9.03. The van der Waals surface area contributed by atoms with E-state index in [2.05, 4.69) is 115 Å². The molecule has 2 aliphatic rings. The van der Waals surface area contributed by atoms with Crippen molar-refractivity contribution in [2.24, 2.45) is 5.92 Å². The highest BCUT2D eigenvalue weighted by Gasteiger charge is 2.53. The summed E-state index contributed by atoms with van der Waals surface area (Å²) >= 11 is 0. The Kier molecular flexibility index (Phi) is 4.37. The third kappa shape index (κ3) is 2.70. The van der Waals surface area contributed by atoms with Crippen LogP contribution >= 0.6 is 0 Å². The maximum atomic E-state index is 4.85. The van der Waals surface area contributed by atoms with E-state index in [4.69, 9.17) is 9.97 Å². The van der Waals surface area contributed by atoms with Gasteiger partial charge in [-0.05, 0) is 23.3 Å². The Bertz CT molecular complexity index is 1350. The molecule has 2 aliphatic heterocycles. The number of rotatable bonds is 3. The molecule has 0 fully saturated rings. The Morgan fingerprint density at radius 1 is 0.788 bits per heavy atom. The van der Waals surface area contributed by atoms with Gasteiger partial charge in [0.25, 0.3) is 0 Å². The molecule has 3 unspecified atom stereocenters. The first-order valence-electron chi connectivity index (χ1n) is 11.4. The molecule has 0 aliphatic carbocycles. The van der Waals surface area contributed by atoms with E-state index >= 15 is 0 Å². The Morgan fingerprint density at radius 2 is 1.36 bits per heavy atom. The van der Waals surface area contributed by atoms with Crippen LogP contribution in [0.25, 0.3) is 11.1 Å². The molecule has 6 rings (SSSR count). The van der Waals surface area contributed by atoms with Crippen molar-refractivity contribution in [2.75, 3.05) is 9.80 Å². The van der Waals surface area contributed by atoms with Crippen LogP contribution in [0, 0.1) is 5.92 Å². The lowest BCUT2D eigenvalue weighted by molar-refractivity contribution is 0.312. The van der Waals surface area contributed by atoms with Crippen molar-refractivity contribution in [2.45, 2.75) is 25.4 Å². The van der Waals surface area contributed by atoms with Gasteiger partial charge in [-0.1, -0.05) is 86.7 Å². The third-order valence-electron chi connectivity index (χ3n) is 7.46. The van der Waals surface area contributed by atoms with Crippen LogP contribution < -0.4 is 9.80 Å². The molecule has 162 valence electrons. The summed E-state index contributed by atoms with van der Waals surface area (Å²) in [4.78, 5) is 14.4. The van der Waals surface area contributed by atoms with Crippen molar-refractivity contribution in [3.8, 4) is 11.1 Å². The van der Waals surface area contributed by atoms with E-state index in [1.165, 1.54) is 22.4 Å². The summed E-state index contributed by atoms with van der Waals surface area (Å²) in [6, 6.07) is 27.8. The topological polar surface area (TPSA) is 32.3 Å². The summed E-state index contributed by atoms with van der Waals surface area (Å²) in [5.74, 6) is 2.02. The van der Waals surface area contributed by atoms with Gasteiger partial charge in [0.05, 0.1) is 5.69 Å². The van der Waals surface area contributed by atoms with Crippen LogP contribution in [0.15, 0.2) is 104 Å². The SMILES string of the molecule is C=CC1(C)c2ccccc2N2c3nccnc3N(c3ccccc3-c3ccccc3)C2C1C. The number of aromatic nitrogens is 2. The van der Waals surface area contributed by atoms with E-state index in [0.717, 1.165) is 17.3 Å². The van der Waals surface area contributed by atoms with E-state index < -0.39 is 0 Å². The number of hydrogen-bond donors (Lipinski definition) is 0. The molecular weight excluding hydrogens is 404 g/mol. The Hall–Kier alpha value is -3.92. The molecule has 1 aromatic heterocycles. The second-order valence-corrected chi connectivity index (χ2v) is 9.03. The molecule has 4 nitrogen and oxygen atoms in total. The van der Waals surface area contributed by atoms with Crippen molar-refractivity contribution >= 4 is 23.0 Å². The van der Waals surface area contributed by atoms with E-state index in [0.29, 0.717) is 0 Å². The summed E-state index contributed by atoms with van der Waals surface area (Å²) in [6.45, 7) is 8.88. The third-order valence-corrected chi connectivity index (χ3v) is 7.46. The minimum absolute atomic E-state index is 0.0187. The number of nitrogens with zero attached hydrogens (tertiary/aromatic N) is 4. The van der Waals surface area contributed by atoms with Crippen molar-refractivity contribution in [1.29, 1.82) is 0 Å². The zero-order valence-electron chi connectivity index (χ0n) is 18.9. The first-order chi connectivity index (χ1) is 16.1. The van der Waals surface area contributed by atoms with Gasteiger partial charge in [0.1, 0.15) is 6.17 Å². The highest BCUT2D eigenvalue weighted by atomic mass is 15.5. The summed E-state index contributed by atoms with van der Waals surface area (Å²) < 4.78 is 0. The normalized spacial score (nSPS) is 23.0. The summed E-state index contributed by atoms with van der Waals surface area (Å²) in [6.07, 6.45) is 5.71. The first-order valence-corrected chi connectivity index (χ1v) is 11.4. The largest absolute Gasteiger partial charge is 0.301 e. The monoisotopic (exact) mass is 430 g/mol. The molecule has 4 heteroatoms. The van der Waals surface area contributed by atoms with Crippen molar-refractivity contribution in [1.82, 2.24) is 9.97 Å². The molecule has 3 heterocycles. The van der Waals surface area contributed by atoms with Crippen molar-refractivity contribution < 1.29 is 0 Å². The molecule has 0 saturated carbocycles. The van der Waals surface area contributed by atoms with E-state index in [-0.39, 0.29) is 17.5 Å². The fourth-order valence-electron chi connectivity index (χ4n) is 5.53. The van der Waals surface area contributed by atoms with Crippen LogP contribution in [0.5, 0.6) is 0 Å². The van der Waals surface area contributed by atoms with E-state index in [1.54, 1.807) is 12.4 Å². The number of benzene rings is 3. The molecule has 0 saturated heterocycles. The molecular formula is C29H26N4. The number of hydrogen-bond acceptors (Lipinski definition) is 4. The van der Waals surface area contributed by atoms with Crippen LogP contribution in [0.3, 0.4) is 0 Å². The number of fused-ring (bicyclic) bond motifs is 5. The van der Waals surface area contributed by atoms with Gasteiger partial charge in [-0.2, -0.15) is 0 Å². The van der Waals surface area contributed by atoms with Gasteiger partial charge in [0.15, 0.2) is 11.6 Å². The van der Waals surface area contributed by atoms with Crippen LogP contribution in [0.1, 0.15) is 19.4 Å². The smallest absolute Gasteiger partial charge is 0.178 e. The molecule has 3 aromatic carbocycles. The van der Waals surface area contributed by atoms with Gasteiger partial charge in [-0.15, -0.1) is 6.58 Å². The van der Waals surface area contributed by atoms with Crippen molar-refractivity contribution in [3.05, 3.63) is 109 Å². The highest BCUT2D eigenvalue weighted by molar-refractivity contribution is 5.91. The maximum Gasteiger partial charge on any atom is 0.178 e. The molecule has 0 bridgehead atoms. The fourth-order valence-corrected chi connectivity index (χ4v) is 5.53. The van der Waals surface area contributed by atoms with Gasteiger partial charge in [-0.25, -0.2) is 9.97 Å². The predicted molar refractivity (Wildman–Crippen MR) is 135 cm³/mol. The lowest BCUT2D eigenvalue weighted by Crippen LogP contribution is -2.54. The highest BCUT2D eigenvalue weighted by Crippen LogP contribution is 2.57. The predicted octanol–water partition coefficient (Wildman–Crippen LogP) is 6.85. The maximum absolute atomic E-state index is 4.85. The molecule has 3 atom stereocenters. The van der Waals surface area contributed by atoms with Gasteiger partial charge >= 0.3 is 0 Å². The summed E-state index contributed by atoms with van der Waals surface area (Å²) in [5.41, 5.74) is 5.76. The molecule has 0 spiro atoms. The lowest BCUT2D eigenvalue weighted by atomic mass is 9.67. The van der Waals surface area contributed by atoms with Gasteiger partial charge in [0, 0.05) is 35.0 Å². The summed E-state index contributed by atoms with van der Waals surface area (Å²) in [7, 11) is 0. The molecule has 0 radical (unpaired) electrons.